The van der Waals surface area contributed by atoms with Gasteiger partial charge in [-0.3, -0.25) is 0 Å². The van der Waals surface area contributed by atoms with E-state index < -0.39 is 0 Å². The van der Waals surface area contributed by atoms with Crippen LogP contribution in [0.5, 0.6) is 0 Å². The van der Waals surface area contributed by atoms with Gasteiger partial charge in [0.05, 0.1) is 11.0 Å². The van der Waals surface area contributed by atoms with Gasteiger partial charge in [0.2, 0.25) is 0 Å². The van der Waals surface area contributed by atoms with Crippen LogP contribution >= 0.6 is 11.8 Å². The maximum absolute atomic E-state index is 4.80. The lowest BCUT2D eigenvalue weighted by Crippen LogP contribution is -1.97. The SMILES string of the molecule is C=CCn1c(SCc2cccc3ccccc23)nc2ccccc21. The van der Waals surface area contributed by atoms with Gasteiger partial charge in [0.1, 0.15) is 0 Å². The summed E-state index contributed by atoms with van der Waals surface area (Å²) in [5, 5.41) is 3.65. The van der Waals surface area contributed by atoms with Crippen molar-refractivity contribution in [3.8, 4) is 0 Å². The number of hydrogen-bond donors (Lipinski definition) is 0. The summed E-state index contributed by atoms with van der Waals surface area (Å²) in [7, 11) is 0. The molecule has 0 aliphatic carbocycles. The van der Waals surface area contributed by atoms with Gasteiger partial charge in [-0.25, -0.2) is 4.98 Å². The molecular formula is C21H18N2S. The van der Waals surface area contributed by atoms with Gasteiger partial charge in [-0.2, -0.15) is 0 Å². The number of imidazole rings is 1. The van der Waals surface area contributed by atoms with Gasteiger partial charge < -0.3 is 4.57 Å². The minimum atomic E-state index is 0.776. The molecule has 4 rings (SSSR count). The van der Waals surface area contributed by atoms with Gasteiger partial charge in [-0.1, -0.05) is 72.4 Å². The molecule has 118 valence electrons. The molecule has 4 aromatic rings. The van der Waals surface area contributed by atoms with Crippen molar-refractivity contribution in [2.24, 2.45) is 0 Å². The molecule has 1 heterocycles. The number of fused-ring (bicyclic) bond motifs is 2. The van der Waals surface area contributed by atoms with Crippen LogP contribution < -0.4 is 0 Å². The van der Waals surface area contributed by atoms with Crippen molar-refractivity contribution in [2.45, 2.75) is 17.5 Å². The van der Waals surface area contributed by atoms with E-state index in [0.29, 0.717) is 0 Å². The Morgan fingerprint density at radius 3 is 2.67 bits per heavy atom. The maximum Gasteiger partial charge on any atom is 0.169 e. The van der Waals surface area contributed by atoms with Gasteiger partial charge in [0.15, 0.2) is 5.16 Å². The highest BCUT2D eigenvalue weighted by Gasteiger charge is 2.10. The summed E-state index contributed by atoms with van der Waals surface area (Å²) in [6.45, 7) is 4.66. The lowest BCUT2D eigenvalue weighted by Gasteiger charge is -2.08. The molecule has 0 fully saturated rings. The van der Waals surface area contributed by atoms with E-state index in [1.807, 2.05) is 12.1 Å². The van der Waals surface area contributed by atoms with Crippen molar-refractivity contribution < 1.29 is 0 Å². The molecular weight excluding hydrogens is 312 g/mol. The lowest BCUT2D eigenvalue weighted by molar-refractivity contribution is 0.748. The highest BCUT2D eigenvalue weighted by Crippen LogP contribution is 2.29. The van der Waals surface area contributed by atoms with E-state index in [0.717, 1.165) is 28.5 Å². The molecule has 1 aromatic heterocycles. The molecule has 0 aliphatic rings. The van der Waals surface area contributed by atoms with Crippen LogP contribution in [0.1, 0.15) is 5.56 Å². The molecule has 3 aromatic carbocycles. The average molecular weight is 330 g/mol. The number of aromatic nitrogens is 2. The zero-order valence-electron chi connectivity index (χ0n) is 13.4. The van der Waals surface area contributed by atoms with Gasteiger partial charge in [0.25, 0.3) is 0 Å². The van der Waals surface area contributed by atoms with E-state index in [2.05, 4.69) is 71.8 Å². The predicted octanol–water partition coefficient (Wildman–Crippen LogP) is 5.67. The first-order valence-corrected chi connectivity index (χ1v) is 9.01. The number of benzene rings is 3. The number of hydrogen-bond acceptors (Lipinski definition) is 2. The Morgan fingerprint density at radius 2 is 1.75 bits per heavy atom. The summed E-state index contributed by atoms with van der Waals surface area (Å²) in [5.74, 6) is 0.905. The first-order chi connectivity index (χ1) is 11.9. The number of nitrogens with zero attached hydrogens (tertiary/aromatic N) is 2. The van der Waals surface area contributed by atoms with Crippen molar-refractivity contribution in [3.05, 3.63) is 84.9 Å². The number of allylic oxidation sites excluding steroid dienone is 1. The van der Waals surface area contributed by atoms with E-state index in [-0.39, 0.29) is 0 Å². The van der Waals surface area contributed by atoms with Crippen molar-refractivity contribution in [1.29, 1.82) is 0 Å². The molecule has 24 heavy (non-hydrogen) atoms. The van der Waals surface area contributed by atoms with Crippen LogP contribution in [0.4, 0.5) is 0 Å². The zero-order chi connectivity index (χ0) is 16.4. The standard InChI is InChI=1S/C21H18N2S/c1-2-14-23-20-13-6-5-12-19(20)22-21(23)24-15-17-10-7-9-16-8-3-4-11-18(16)17/h2-13H,1,14-15H2. The molecule has 0 bridgehead atoms. The van der Waals surface area contributed by atoms with Crippen molar-refractivity contribution >= 4 is 33.6 Å². The molecule has 0 spiro atoms. The maximum atomic E-state index is 4.80. The van der Waals surface area contributed by atoms with Gasteiger partial charge in [-0.05, 0) is 28.5 Å². The summed E-state index contributed by atoms with van der Waals surface area (Å²) in [4.78, 5) is 4.80. The van der Waals surface area contributed by atoms with E-state index in [9.17, 15) is 0 Å². The largest absolute Gasteiger partial charge is 0.315 e. The van der Waals surface area contributed by atoms with E-state index in [1.165, 1.54) is 16.3 Å². The fourth-order valence-corrected chi connectivity index (χ4v) is 4.06. The third-order valence-corrected chi connectivity index (χ3v) is 5.19. The number of para-hydroxylation sites is 2. The molecule has 2 nitrogen and oxygen atoms in total. The monoisotopic (exact) mass is 330 g/mol. The third-order valence-electron chi connectivity index (χ3n) is 4.17. The Bertz CT molecular complexity index is 1010. The lowest BCUT2D eigenvalue weighted by atomic mass is 10.1. The highest BCUT2D eigenvalue weighted by atomic mass is 32.2. The molecule has 0 atom stereocenters. The zero-order valence-corrected chi connectivity index (χ0v) is 14.2. The van der Waals surface area contributed by atoms with Crippen LogP contribution in [0.15, 0.2) is 84.5 Å². The average Bonchev–Trinajstić information content (AvgIpc) is 2.98. The smallest absolute Gasteiger partial charge is 0.169 e. The predicted molar refractivity (Wildman–Crippen MR) is 103 cm³/mol. The van der Waals surface area contributed by atoms with Crippen LogP contribution in [0, 0.1) is 0 Å². The fraction of sp³-hybridized carbons (Fsp3) is 0.0952. The van der Waals surface area contributed by atoms with Crippen LogP contribution in [0.2, 0.25) is 0 Å². The molecule has 0 saturated heterocycles. The Hall–Kier alpha value is -2.52. The molecule has 0 amide bonds. The quantitative estimate of drug-likeness (QED) is 0.347. The summed E-state index contributed by atoms with van der Waals surface area (Å²) in [6.07, 6.45) is 1.93. The van der Waals surface area contributed by atoms with Gasteiger partial charge in [-0.15, -0.1) is 6.58 Å². The molecule has 0 radical (unpaired) electrons. The van der Waals surface area contributed by atoms with E-state index in [4.69, 9.17) is 4.98 Å². The number of rotatable bonds is 5. The van der Waals surface area contributed by atoms with E-state index >= 15 is 0 Å². The molecule has 0 N–H and O–H groups in total. The Kier molecular flexibility index (Phi) is 4.09. The Labute approximate surface area is 145 Å². The van der Waals surface area contributed by atoms with Crippen molar-refractivity contribution in [3.63, 3.8) is 0 Å². The fourth-order valence-electron chi connectivity index (χ4n) is 3.03. The van der Waals surface area contributed by atoms with Crippen molar-refractivity contribution in [1.82, 2.24) is 9.55 Å². The van der Waals surface area contributed by atoms with Crippen LogP contribution in [-0.2, 0) is 12.3 Å². The highest BCUT2D eigenvalue weighted by molar-refractivity contribution is 7.98. The molecule has 3 heteroatoms. The summed E-state index contributed by atoms with van der Waals surface area (Å²) in [5.41, 5.74) is 3.55. The Balaban J connectivity index is 1.69. The van der Waals surface area contributed by atoms with E-state index in [1.54, 1.807) is 11.8 Å². The molecule has 0 unspecified atom stereocenters. The second-order valence-corrected chi connectivity index (χ2v) is 6.65. The summed E-state index contributed by atoms with van der Waals surface area (Å²) < 4.78 is 2.23. The minimum absolute atomic E-state index is 0.776. The van der Waals surface area contributed by atoms with Gasteiger partial charge in [0, 0.05) is 12.3 Å². The number of thioether (sulfide) groups is 1. The third kappa shape index (κ3) is 2.72. The molecule has 0 saturated carbocycles. The first kappa shape index (κ1) is 15.0. The summed E-state index contributed by atoms with van der Waals surface area (Å²) in [6, 6.07) is 23.3. The second kappa shape index (κ2) is 6.54. The second-order valence-electron chi connectivity index (χ2n) is 5.71. The van der Waals surface area contributed by atoms with Gasteiger partial charge >= 0.3 is 0 Å². The van der Waals surface area contributed by atoms with Crippen molar-refractivity contribution in [2.75, 3.05) is 0 Å². The first-order valence-electron chi connectivity index (χ1n) is 8.02. The van der Waals surface area contributed by atoms with Crippen LogP contribution in [0.3, 0.4) is 0 Å². The molecule has 0 aliphatic heterocycles. The normalized spacial score (nSPS) is 11.2. The minimum Gasteiger partial charge on any atom is -0.315 e. The summed E-state index contributed by atoms with van der Waals surface area (Å²) >= 11 is 1.78. The Morgan fingerprint density at radius 1 is 0.958 bits per heavy atom. The van der Waals surface area contributed by atoms with Crippen LogP contribution in [-0.4, -0.2) is 9.55 Å². The topological polar surface area (TPSA) is 17.8 Å². The van der Waals surface area contributed by atoms with Crippen LogP contribution in [0.25, 0.3) is 21.8 Å².